The first-order valence-electron chi connectivity index (χ1n) is 12.6. The number of nitro groups is 1. The Morgan fingerprint density at radius 3 is 2.68 bits per heavy atom. The summed E-state index contributed by atoms with van der Waals surface area (Å²) in [5, 5.41) is 15.2. The average Bonchev–Trinajstić information content (AvgIpc) is 3.57. The first kappa shape index (κ1) is 23.8. The largest absolute Gasteiger partial charge is 0.324 e. The number of hydrogen-bond donors (Lipinski definition) is 1. The topological polar surface area (TPSA) is 92.5 Å². The monoisotopic (exact) mass is 515 g/mol. The number of carbonyl (C=O) groups is 2. The van der Waals surface area contributed by atoms with Crippen LogP contribution in [-0.2, 0) is 16.8 Å². The highest BCUT2D eigenvalue weighted by Gasteiger charge is 2.69. The molecule has 2 saturated heterocycles. The van der Waals surface area contributed by atoms with E-state index in [2.05, 4.69) is 23.2 Å². The SMILES string of the molecule is CCc1ccc2c(c1)[C@]1(C(=O)N2)C(C(=O)c2ccc(Cl)cc2)C(c2cccc([N+](=O)[O-])c2)C2CCCN21. The molecule has 0 radical (unpaired) electrons. The molecule has 4 atom stereocenters. The van der Waals surface area contributed by atoms with Gasteiger partial charge in [0, 0.05) is 45.9 Å². The second-order valence-electron chi connectivity index (χ2n) is 10.1. The Morgan fingerprint density at radius 1 is 1.16 bits per heavy atom. The van der Waals surface area contributed by atoms with Gasteiger partial charge in [0.05, 0.1) is 10.8 Å². The maximum Gasteiger partial charge on any atom is 0.269 e. The molecule has 0 aliphatic carbocycles. The van der Waals surface area contributed by atoms with Crippen LogP contribution in [0.1, 0.15) is 52.7 Å². The Hall–Kier alpha value is -3.55. The molecule has 3 unspecified atom stereocenters. The number of ketones is 1. The van der Waals surface area contributed by atoms with Crippen LogP contribution in [0.5, 0.6) is 0 Å². The highest BCUT2D eigenvalue weighted by Crippen LogP contribution is 2.61. The molecule has 3 aromatic rings. The molecular formula is C29H26ClN3O4. The van der Waals surface area contributed by atoms with E-state index in [-0.39, 0.29) is 23.4 Å². The van der Waals surface area contributed by atoms with Gasteiger partial charge in [-0.1, -0.05) is 42.8 Å². The fourth-order valence-electron chi connectivity index (χ4n) is 6.84. The van der Waals surface area contributed by atoms with Gasteiger partial charge in [0.25, 0.3) is 5.69 Å². The molecule has 3 heterocycles. The number of hydrogen-bond acceptors (Lipinski definition) is 5. The van der Waals surface area contributed by atoms with Crippen LogP contribution in [0.4, 0.5) is 11.4 Å². The molecule has 188 valence electrons. The second-order valence-corrected chi connectivity index (χ2v) is 10.5. The van der Waals surface area contributed by atoms with Gasteiger partial charge in [0.15, 0.2) is 5.78 Å². The third kappa shape index (κ3) is 3.45. The van der Waals surface area contributed by atoms with Crippen molar-refractivity contribution in [2.75, 3.05) is 11.9 Å². The predicted molar refractivity (Wildman–Crippen MR) is 141 cm³/mol. The Morgan fingerprint density at radius 2 is 1.95 bits per heavy atom. The van der Waals surface area contributed by atoms with Crippen molar-refractivity contribution < 1.29 is 14.5 Å². The maximum absolute atomic E-state index is 14.5. The smallest absolute Gasteiger partial charge is 0.269 e. The van der Waals surface area contributed by atoms with Gasteiger partial charge in [-0.2, -0.15) is 0 Å². The number of amides is 1. The minimum atomic E-state index is -1.20. The van der Waals surface area contributed by atoms with E-state index in [0.717, 1.165) is 36.1 Å². The normalized spacial score (nSPS) is 26.2. The van der Waals surface area contributed by atoms with E-state index in [1.807, 2.05) is 18.2 Å². The van der Waals surface area contributed by atoms with Gasteiger partial charge in [0.2, 0.25) is 5.91 Å². The number of rotatable bonds is 5. The molecule has 0 aromatic heterocycles. The van der Waals surface area contributed by atoms with E-state index in [4.69, 9.17) is 11.6 Å². The number of fused-ring (bicyclic) bond motifs is 4. The first-order valence-corrected chi connectivity index (χ1v) is 13.0. The number of aryl methyl sites for hydroxylation is 1. The molecule has 1 N–H and O–H groups in total. The van der Waals surface area contributed by atoms with E-state index in [1.54, 1.807) is 36.4 Å². The summed E-state index contributed by atoms with van der Waals surface area (Å²) in [6, 6.07) is 19.2. The minimum absolute atomic E-state index is 0.0229. The molecule has 2 fully saturated rings. The third-order valence-electron chi connectivity index (χ3n) is 8.35. The van der Waals surface area contributed by atoms with E-state index in [1.165, 1.54) is 6.07 Å². The van der Waals surface area contributed by atoms with E-state index < -0.39 is 22.3 Å². The predicted octanol–water partition coefficient (Wildman–Crippen LogP) is 5.72. The van der Waals surface area contributed by atoms with Crippen molar-refractivity contribution in [3.63, 3.8) is 0 Å². The van der Waals surface area contributed by atoms with E-state index in [0.29, 0.717) is 22.7 Å². The minimum Gasteiger partial charge on any atom is -0.324 e. The molecule has 3 aliphatic heterocycles. The fraction of sp³-hybridized carbons (Fsp3) is 0.310. The summed E-state index contributed by atoms with van der Waals surface area (Å²) in [5.41, 5.74) is 2.59. The van der Waals surface area contributed by atoms with Crippen molar-refractivity contribution in [2.45, 2.75) is 43.7 Å². The summed E-state index contributed by atoms with van der Waals surface area (Å²) in [6.45, 7) is 2.73. The fourth-order valence-corrected chi connectivity index (χ4v) is 6.97. The Kier molecular flexibility index (Phi) is 5.66. The van der Waals surface area contributed by atoms with E-state index >= 15 is 0 Å². The van der Waals surface area contributed by atoms with Crippen LogP contribution in [0.2, 0.25) is 5.02 Å². The molecule has 1 amide bonds. The standard InChI is InChI=1S/C29H26ClN3O4/c1-2-17-8-13-23-22(15-17)29(28(35)31-23)26(27(34)18-9-11-20(30)12-10-18)25(24-7-4-14-32(24)29)19-5-3-6-21(16-19)33(36)37/h3,5-6,8-13,15-16,24-26H,2,4,7,14H2,1H3,(H,31,35)/t24?,25?,26?,29-/m1/s1. The number of nitrogens with one attached hydrogen (secondary N) is 1. The Labute approximate surface area is 219 Å². The van der Waals surface area contributed by atoms with Crippen molar-refractivity contribution in [3.05, 3.63) is 104 Å². The number of non-ortho nitro benzene ring substituents is 1. The summed E-state index contributed by atoms with van der Waals surface area (Å²) in [6.07, 6.45) is 2.48. The van der Waals surface area contributed by atoms with Crippen LogP contribution < -0.4 is 5.32 Å². The zero-order valence-electron chi connectivity index (χ0n) is 20.3. The van der Waals surface area contributed by atoms with Crippen LogP contribution >= 0.6 is 11.6 Å². The van der Waals surface area contributed by atoms with Crippen molar-refractivity contribution in [1.82, 2.24) is 4.90 Å². The lowest BCUT2D eigenvalue weighted by atomic mass is 9.68. The summed E-state index contributed by atoms with van der Waals surface area (Å²) < 4.78 is 0. The number of halogens is 1. The molecule has 3 aromatic carbocycles. The molecule has 37 heavy (non-hydrogen) atoms. The number of carbonyl (C=O) groups excluding carboxylic acids is 2. The molecule has 0 bridgehead atoms. The van der Waals surface area contributed by atoms with Gasteiger partial charge in [-0.3, -0.25) is 24.6 Å². The lowest BCUT2D eigenvalue weighted by Crippen LogP contribution is -2.52. The van der Waals surface area contributed by atoms with Crippen LogP contribution in [0.25, 0.3) is 0 Å². The number of nitro benzene ring substituents is 1. The Balaban J connectivity index is 1.62. The molecular weight excluding hydrogens is 490 g/mol. The highest BCUT2D eigenvalue weighted by atomic mass is 35.5. The average molecular weight is 516 g/mol. The molecule has 8 heteroatoms. The van der Waals surface area contributed by atoms with Crippen LogP contribution in [-0.4, -0.2) is 34.1 Å². The van der Waals surface area contributed by atoms with Gasteiger partial charge in [0.1, 0.15) is 5.54 Å². The van der Waals surface area contributed by atoms with E-state index in [9.17, 15) is 19.7 Å². The lowest BCUT2D eigenvalue weighted by molar-refractivity contribution is -0.384. The van der Waals surface area contributed by atoms with Crippen molar-refractivity contribution in [3.8, 4) is 0 Å². The number of Topliss-reactive ketones (excluding diaryl/α,β-unsaturated/α-hetero) is 1. The molecule has 3 aliphatic rings. The van der Waals surface area contributed by atoms with Crippen LogP contribution in [0.3, 0.4) is 0 Å². The van der Waals surface area contributed by atoms with Crippen LogP contribution in [0, 0.1) is 16.0 Å². The lowest BCUT2D eigenvalue weighted by Gasteiger charge is -2.37. The zero-order chi connectivity index (χ0) is 25.9. The van der Waals surface area contributed by atoms with Crippen molar-refractivity contribution in [1.29, 1.82) is 0 Å². The maximum atomic E-state index is 14.5. The first-order chi connectivity index (χ1) is 17.9. The molecule has 0 saturated carbocycles. The third-order valence-corrected chi connectivity index (χ3v) is 8.60. The van der Waals surface area contributed by atoms with Gasteiger partial charge in [-0.25, -0.2) is 0 Å². The van der Waals surface area contributed by atoms with Gasteiger partial charge in [-0.15, -0.1) is 0 Å². The van der Waals surface area contributed by atoms with Gasteiger partial charge in [-0.05, 0) is 67.3 Å². The summed E-state index contributed by atoms with van der Waals surface area (Å²) in [7, 11) is 0. The Bertz CT molecular complexity index is 1440. The number of nitrogens with zero attached hydrogens (tertiary/aromatic N) is 2. The van der Waals surface area contributed by atoms with Crippen molar-refractivity contribution >= 4 is 34.7 Å². The molecule has 1 spiro atoms. The van der Waals surface area contributed by atoms with Crippen LogP contribution in [0.15, 0.2) is 66.7 Å². The summed E-state index contributed by atoms with van der Waals surface area (Å²) in [4.78, 5) is 42.0. The second kappa shape index (κ2) is 8.78. The highest BCUT2D eigenvalue weighted by molar-refractivity contribution is 6.30. The van der Waals surface area contributed by atoms with Gasteiger partial charge >= 0.3 is 0 Å². The number of anilines is 1. The van der Waals surface area contributed by atoms with Gasteiger partial charge < -0.3 is 5.32 Å². The molecule has 7 nitrogen and oxygen atoms in total. The molecule has 6 rings (SSSR count). The quantitative estimate of drug-likeness (QED) is 0.266. The summed E-state index contributed by atoms with van der Waals surface area (Å²) >= 11 is 6.12. The zero-order valence-corrected chi connectivity index (χ0v) is 21.1. The summed E-state index contributed by atoms with van der Waals surface area (Å²) in [5.74, 6) is -1.53. The van der Waals surface area contributed by atoms with Crippen molar-refractivity contribution in [2.24, 2.45) is 5.92 Å². The number of benzene rings is 3.